The minimum absolute atomic E-state index is 0. The molecule has 1 atom stereocenters. The van der Waals surface area contributed by atoms with E-state index in [1.165, 1.54) is 6.07 Å². The predicted octanol–water partition coefficient (Wildman–Crippen LogP) is 4.13. The summed E-state index contributed by atoms with van der Waals surface area (Å²) in [7, 11) is 0. The maximum Gasteiger partial charge on any atom is 0.416 e. The molecule has 1 unspecified atom stereocenters. The highest BCUT2D eigenvalue weighted by Crippen LogP contribution is 2.32. The summed E-state index contributed by atoms with van der Waals surface area (Å²) in [5, 5.41) is 6.24. The van der Waals surface area contributed by atoms with Gasteiger partial charge < -0.3 is 10.6 Å². The van der Waals surface area contributed by atoms with Crippen molar-refractivity contribution in [3.63, 3.8) is 0 Å². The number of halogens is 4. The number of nitrogens with one attached hydrogen (secondary N) is 2. The van der Waals surface area contributed by atoms with E-state index in [1.54, 1.807) is 6.07 Å². The molecule has 1 aromatic carbocycles. The molecule has 1 fully saturated rings. The summed E-state index contributed by atoms with van der Waals surface area (Å²) in [5.74, 6) is -0.755. The second-order valence-electron chi connectivity index (χ2n) is 6.86. The summed E-state index contributed by atoms with van der Waals surface area (Å²) in [4.78, 5) is 12.5. The lowest BCUT2D eigenvalue weighted by molar-refractivity contribution is -0.137. The molecule has 1 aliphatic heterocycles. The first-order chi connectivity index (χ1) is 11.2. The molecule has 0 spiro atoms. The number of piperidine rings is 1. The third-order valence-corrected chi connectivity index (χ3v) is 4.84. The van der Waals surface area contributed by atoms with Crippen LogP contribution in [0, 0.1) is 5.41 Å². The van der Waals surface area contributed by atoms with Crippen molar-refractivity contribution in [3.8, 4) is 0 Å². The first kappa shape index (κ1) is 21.8. The van der Waals surface area contributed by atoms with E-state index in [4.69, 9.17) is 0 Å². The monoisotopic (exact) mass is 378 g/mol. The summed E-state index contributed by atoms with van der Waals surface area (Å²) >= 11 is 0. The Labute approximate surface area is 153 Å². The lowest BCUT2D eigenvalue weighted by Gasteiger charge is -2.34. The van der Waals surface area contributed by atoms with E-state index in [-0.39, 0.29) is 23.7 Å². The number of alkyl halides is 3. The van der Waals surface area contributed by atoms with Gasteiger partial charge in [-0.15, -0.1) is 12.4 Å². The van der Waals surface area contributed by atoms with Crippen LogP contribution in [-0.4, -0.2) is 25.5 Å². The Bertz CT molecular complexity index is 572. The number of benzene rings is 1. The lowest BCUT2D eigenvalue weighted by atomic mass is 9.81. The molecule has 142 valence electrons. The summed E-state index contributed by atoms with van der Waals surface area (Å²) < 4.78 is 38.6. The topological polar surface area (TPSA) is 41.1 Å². The van der Waals surface area contributed by atoms with Gasteiger partial charge in [0.25, 0.3) is 0 Å². The fourth-order valence-electron chi connectivity index (χ4n) is 3.14. The summed E-state index contributed by atoms with van der Waals surface area (Å²) in [6, 6.07) is 5.07. The van der Waals surface area contributed by atoms with Crippen molar-refractivity contribution < 1.29 is 18.0 Å². The molecule has 7 heteroatoms. The molecule has 1 saturated heterocycles. The van der Waals surface area contributed by atoms with Crippen LogP contribution in [0.2, 0.25) is 0 Å². The van der Waals surface area contributed by atoms with E-state index < -0.39 is 17.7 Å². The fourth-order valence-corrected chi connectivity index (χ4v) is 3.14. The average Bonchev–Trinajstić information content (AvgIpc) is 2.54. The van der Waals surface area contributed by atoms with Crippen LogP contribution in [0.5, 0.6) is 0 Å². The summed E-state index contributed by atoms with van der Waals surface area (Å²) in [6.07, 6.45) is -1.97. The van der Waals surface area contributed by atoms with Gasteiger partial charge in [-0.2, -0.15) is 13.2 Å². The van der Waals surface area contributed by atoms with Crippen molar-refractivity contribution in [3.05, 3.63) is 35.4 Å². The number of rotatable bonds is 5. The molecule has 1 amide bonds. The molecule has 0 saturated carbocycles. The van der Waals surface area contributed by atoms with E-state index in [0.717, 1.165) is 38.1 Å². The Balaban J connectivity index is 0.00000312. The third kappa shape index (κ3) is 5.89. The first-order valence-corrected chi connectivity index (χ1v) is 8.41. The van der Waals surface area contributed by atoms with Crippen LogP contribution < -0.4 is 10.6 Å². The maximum atomic E-state index is 12.9. The molecule has 25 heavy (non-hydrogen) atoms. The number of carbonyl (C=O) groups is 1. The molecular weight excluding hydrogens is 353 g/mol. The highest BCUT2D eigenvalue weighted by molar-refractivity contribution is 5.85. The van der Waals surface area contributed by atoms with Gasteiger partial charge in [0.1, 0.15) is 0 Å². The second kappa shape index (κ2) is 8.90. The number of hydrogen-bond acceptors (Lipinski definition) is 2. The van der Waals surface area contributed by atoms with Crippen molar-refractivity contribution in [1.29, 1.82) is 0 Å². The number of amides is 1. The normalized spacial score (nSPS) is 18.1. The zero-order valence-electron chi connectivity index (χ0n) is 14.6. The molecule has 2 N–H and O–H groups in total. The highest BCUT2D eigenvalue weighted by atomic mass is 35.5. The second-order valence-corrected chi connectivity index (χ2v) is 6.86. The van der Waals surface area contributed by atoms with Gasteiger partial charge in [-0.3, -0.25) is 4.79 Å². The van der Waals surface area contributed by atoms with Gasteiger partial charge in [0.05, 0.1) is 11.5 Å². The standard InChI is InChI=1S/C18H25F3N2O.ClH/c1-3-15(13-5-4-6-14(11-13)18(19,20)21)16(24)23-12-17(2)7-9-22-10-8-17;/h4-6,11,15,22H,3,7-10,12H2,1-2H3,(H,23,24);1H. The maximum absolute atomic E-state index is 12.9. The van der Waals surface area contributed by atoms with Crippen LogP contribution >= 0.6 is 12.4 Å². The lowest BCUT2D eigenvalue weighted by Crippen LogP contribution is -2.44. The van der Waals surface area contributed by atoms with Crippen molar-refractivity contribution in [2.45, 2.75) is 45.2 Å². The van der Waals surface area contributed by atoms with Crippen LogP contribution in [0.1, 0.15) is 50.2 Å². The third-order valence-electron chi connectivity index (χ3n) is 4.84. The molecule has 2 rings (SSSR count). The molecular formula is C18H26ClF3N2O. The van der Waals surface area contributed by atoms with Crippen LogP contribution in [0.25, 0.3) is 0 Å². The molecule has 0 aliphatic carbocycles. The molecule has 0 aromatic heterocycles. The molecule has 3 nitrogen and oxygen atoms in total. The zero-order chi connectivity index (χ0) is 17.8. The van der Waals surface area contributed by atoms with Crippen LogP contribution in [0.3, 0.4) is 0 Å². The van der Waals surface area contributed by atoms with Gasteiger partial charge in [-0.1, -0.05) is 32.0 Å². The van der Waals surface area contributed by atoms with Crippen molar-refractivity contribution in [1.82, 2.24) is 10.6 Å². The Kier molecular flexibility index (Phi) is 7.75. The van der Waals surface area contributed by atoms with Gasteiger partial charge in [0, 0.05) is 6.54 Å². The Morgan fingerprint density at radius 1 is 1.32 bits per heavy atom. The average molecular weight is 379 g/mol. The smallest absolute Gasteiger partial charge is 0.355 e. The highest BCUT2D eigenvalue weighted by Gasteiger charge is 2.32. The van der Waals surface area contributed by atoms with Gasteiger partial charge in [-0.05, 0) is 49.4 Å². The largest absolute Gasteiger partial charge is 0.416 e. The van der Waals surface area contributed by atoms with Gasteiger partial charge in [-0.25, -0.2) is 0 Å². The fraction of sp³-hybridized carbons (Fsp3) is 0.611. The summed E-state index contributed by atoms with van der Waals surface area (Å²) in [5.41, 5.74) is -0.246. The first-order valence-electron chi connectivity index (χ1n) is 8.41. The molecule has 0 radical (unpaired) electrons. The molecule has 1 heterocycles. The van der Waals surface area contributed by atoms with E-state index in [2.05, 4.69) is 17.6 Å². The van der Waals surface area contributed by atoms with Gasteiger partial charge in [0.2, 0.25) is 5.91 Å². The Morgan fingerprint density at radius 2 is 1.96 bits per heavy atom. The van der Waals surface area contributed by atoms with Gasteiger partial charge >= 0.3 is 6.18 Å². The van der Waals surface area contributed by atoms with Gasteiger partial charge in [0.15, 0.2) is 0 Å². The van der Waals surface area contributed by atoms with Crippen LogP contribution in [0.4, 0.5) is 13.2 Å². The SMILES string of the molecule is CCC(C(=O)NCC1(C)CCNCC1)c1cccc(C(F)(F)F)c1.Cl. The van der Waals surface area contributed by atoms with E-state index in [1.807, 2.05) is 6.92 Å². The number of carbonyl (C=O) groups excluding carboxylic acids is 1. The predicted molar refractivity (Wildman–Crippen MR) is 94.9 cm³/mol. The molecule has 1 aliphatic rings. The van der Waals surface area contributed by atoms with E-state index in [0.29, 0.717) is 18.5 Å². The minimum Gasteiger partial charge on any atom is -0.355 e. The van der Waals surface area contributed by atoms with Crippen molar-refractivity contribution in [2.75, 3.05) is 19.6 Å². The quantitative estimate of drug-likeness (QED) is 0.809. The summed E-state index contributed by atoms with van der Waals surface area (Å²) in [6.45, 7) is 6.37. The number of hydrogen-bond donors (Lipinski definition) is 2. The Morgan fingerprint density at radius 3 is 2.52 bits per heavy atom. The van der Waals surface area contributed by atoms with Crippen molar-refractivity contribution >= 4 is 18.3 Å². The molecule has 0 bridgehead atoms. The van der Waals surface area contributed by atoms with Crippen LogP contribution in [-0.2, 0) is 11.0 Å². The van der Waals surface area contributed by atoms with Crippen molar-refractivity contribution in [2.24, 2.45) is 5.41 Å². The van der Waals surface area contributed by atoms with E-state index in [9.17, 15) is 18.0 Å². The zero-order valence-corrected chi connectivity index (χ0v) is 15.4. The van der Waals surface area contributed by atoms with E-state index >= 15 is 0 Å². The minimum atomic E-state index is -4.40. The van der Waals surface area contributed by atoms with Crippen LogP contribution in [0.15, 0.2) is 24.3 Å². The Hall–Kier alpha value is -1.27. The molecule has 1 aromatic rings.